The number of ether oxygens (including phenoxy) is 2. The Bertz CT molecular complexity index is 689. The first-order valence-electron chi connectivity index (χ1n) is 7.63. The molecule has 1 fully saturated rings. The number of hydrogen-bond donors (Lipinski definition) is 1. The molecule has 0 radical (unpaired) electrons. The third-order valence-electron chi connectivity index (χ3n) is 3.80. The third-order valence-corrected chi connectivity index (χ3v) is 4.78. The van der Waals surface area contributed by atoms with Crippen molar-refractivity contribution in [3.05, 3.63) is 57.0 Å². The Morgan fingerprint density at radius 1 is 1.26 bits per heavy atom. The summed E-state index contributed by atoms with van der Waals surface area (Å²) in [5.41, 5.74) is 2.11. The second kappa shape index (κ2) is 7.56. The monoisotopic (exact) mass is 395 g/mol. The van der Waals surface area contributed by atoms with E-state index in [0.717, 1.165) is 33.6 Å². The van der Waals surface area contributed by atoms with E-state index in [4.69, 9.17) is 21.1 Å². The summed E-state index contributed by atoms with van der Waals surface area (Å²) in [5, 5.41) is 4.24. The van der Waals surface area contributed by atoms with Crippen LogP contribution in [0.5, 0.6) is 11.5 Å². The van der Waals surface area contributed by atoms with Gasteiger partial charge in [-0.05, 0) is 42.7 Å². The molecule has 1 saturated carbocycles. The predicted molar refractivity (Wildman–Crippen MR) is 96.3 cm³/mol. The minimum Gasteiger partial charge on any atom is -0.493 e. The van der Waals surface area contributed by atoms with Crippen molar-refractivity contribution in [2.75, 3.05) is 7.11 Å². The van der Waals surface area contributed by atoms with Gasteiger partial charge in [0.2, 0.25) is 0 Å². The maximum Gasteiger partial charge on any atom is 0.167 e. The van der Waals surface area contributed by atoms with Crippen LogP contribution in [-0.2, 0) is 13.2 Å². The van der Waals surface area contributed by atoms with Gasteiger partial charge < -0.3 is 14.8 Å². The van der Waals surface area contributed by atoms with Crippen LogP contribution in [0.25, 0.3) is 0 Å². The summed E-state index contributed by atoms with van der Waals surface area (Å²) in [6, 6.07) is 12.2. The molecule has 23 heavy (non-hydrogen) atoms. The Morgan fingerprint density at radius 2 is 2.09 bits per heavy atom. The van der Waals surface area contributed by atoms with E-state index in [2.05, 4.69) is 21.2 Å². The lowest BCUT2D eigenvalue weighted by atomic mass is 10.1. The van der Waals surface area contributed by atoms with Gasteiger partial charge in [-0.25, -0.2) is 0 Å². The molecular formula is C18H19BrClNO2. The van der Waals surface area contributed by atoms with Gasteiger partial charge in [-0.15, -0.1) is 0 Å². The molecule has 2 aromatic rings. The highest BCUT2D eigenvalue weighted by Crippen LogP contribution is 2.37. The zero-order valence-electron chi connectivity index (χ0n) is 12.9. The fraction of sp³-hybridized carbons (Fsp3) is 0.333. The highest BCUT2D eigenvalue weighted by atomic mass is 79.9. The van der Waals surface area contributed by atoms with Crippen molar-refractivity contribution in [3.63, 3.8) is 0 Å². The fourth-order valence-electron chi connectivity index (χ4n) is 2.38. The maximum absolute atomic E-state index is 6.08. The van der Waals surface area contributed by atoms with Crippen molar-refractivity contribution in [1.82, 2.24) is 5.32 Å². The third kappa shape index (κ3) is 4.40. The van der Waals surface area contributed by atoms with E-state index < -0.39 is 0 Å². The van der Waals surface area contributed by atoms with Gasteiger partial charge in [0.15, 0.2) is 11.5 Å². The topological polar surface area (TPSA) is 30.5 Å². The highest BCUT2D eigenvalue weighted by Gasteiger charge is 2.22. The van der Waals surface area contributed by atoms with Crippen LogP contribution in [0.1, 0.15) is 24.0 Å². The van der Waals surface area contributed by atoms with E-state index in [1.807, 2.05) is 36.4 Å². The number of hydrogen-bond acceptors (Lipinski definition) is 3. The molecule has 2 aromatic carbocycles. The SMILES string of the molecule is COc1ccc(Br)c(CNC2CC2)c1OCc1cccc(Cl)c1. The number of methoxy groups -OCH3 is 1. The summed E-state index contributed by atoms with van der Waals surface area (Å²) in [4.78, 5) is 0. The lowest BCUT2D eigenvalue weighted by Crippen LogP contribution is -2.16. The van der Waals surface area contributed by atoms with Gasteiger partial charge in [-0.1, -0.05) is 39.7 Å². The Kier molecular flexibility index (Phi) is 5.46. The molecule has 1 N–H and O–H groups in total. The van der Waals surface area contributed by atoms with Crippen molar-refractivity contribution in [2.24, 2.45) is 0 Å². The molecule has 0 bridgehead atoms. The van der Waals surface area contributed by atoms with Crippen molar-refractivity contribution >= 4 is 27.5 Å². The molecular weight excluding hydrogens is 378 g/mol. The van der Waals surface area contributed by atoms with Gasteiger partial charge in [0.1, 0.15) is 6.61 Å². The molecule has 122 valence electrons. The molecule has 3 nitrogen and oxygen atoms in total. The lowest BCUT2D eigenvalue weighted by Gasteiger charge is -2.17. The Labute approximate surface area is 150 Å². The first-order chi connectivity index (χ1) is 11.2. The van der Waals surface area contributed by atoms with E-state index in [1.165, 1.54) is 12.8 Å². The Balaban J connectivity index is 1.80. The Hall–Kier alpha value is -1.23. The van der Waals surface area contributed by atoms with Crippen LogP contribution in [-0.4, -0.2) is 13.2 Å². The molecule has 0 aliphatic heterocycles. The van der Waals surface area contributed by atoms with E-state index in [-0.39, 0.29) is 0 Å². The van der Waals surface area contributed by atoms with Crippen LogP contribution in [0.4, 0.5) is 0 Å². The van der Waals surface area contributed by atoms with Crippen LogP contribution in [0.3, 0.4) is 0 Å². The Morgan fingerprint density at radius 3 is 2.78 bits per heavy atom. The molecule has 0 unspecified atom stereocenters. The van der Waals surface area contributed by atoms with Gasteiger partial charge >= 0.3 is 0 Å². The average Bonchev–Trinajstić information content (AvgIpc) is 3.36. The van der Waals surface area contributed by atoms with Crippen molar-refractivity contribution in [2.45, 2.75) is 32.0 Å². The van der Waals surface area contributed by atoms with Gasteiger partial charge in [0, 0.05) is 27.6 Å². The second-order valence-corrected chi connectivity index (χ2v) is 6.92. The minimum absolute atomic E-state index is 0.448. The van der Waals surface area contributed by atoms with Crippen molar-refractivity contribution < 1.29 is 9.47 Å². The first-order valence-corrected chi connectivity index (χ1v) is 8.80. The summed E-state index contributed by atoms with van der Waals surface area (Å²) in [5.74, 6) is 1.51. The average molecular weight is 397 g/mol. The molecule has 0 amide bonds. The van der Waals surface area contributed by atoms with Gasteiger partial charge in [0.05, 0.1) is 7.11 Å². The molecule has 1 aliphatic rings. The zero-order valence-corrected chi connectivity index (χ0v) is 15.3. The van der Waals surface area contributed by atoms with Crippen LogP contribution >= 0.6 is 27.5 Å². The normalized spacial score (nSPS) is 13.9. The molecule has 1 aliphatic carbocycles. The van der Waals surface area contributed by atoms with E-state index in [1.54, 1.807) is 7.11 Å². The summed E-state index contributed by atoms with van der Waals surface area (Å²) >= 11 is 9.66. The van der Waals surface area contributed by atoms with Gasteiger partial charge in [0.25, 0.3) is 0 Å². The largest absolute Gasteiger partial charge is 0.493 e. The molecule has 0 saturated heterocycles. The maximum atomic E-state index is 6.08. The van der Waals surface area contributed by atoms with Crippen molar-refractivity contribution in [3.8, 4) is 11.5 Å². The van der Waals surface area contributed by atoms with Crippen LogP contribution in [0.2, 0.25) is 5.02 Å². The summed E-state index contributed by atoms with van der Waals surface area (Å²) in [6.07, 6.45) is 2.50. The molecule has 5 heteroatoms. The fourth-order valence-corrected chi connectivity index (χ4v) is 3.05. The molecule has 0 heterocycles. The summed E-state index contributed by atoms with van der Waals surface area (Å²) in [6.45, 7) is 1.21. The van der Waals surface area contributed by atoms with Gasteiger partial charge in [-0.3, -0.25) is 0 Å². The second-order valence-electron chi connectivity index (χ2n) is 5.63. The zero-order chi connectivity index (χ0) is 16.2. The van der Waals surface area contributed by atoms with Crippen LogP contribution < -0.4 is 14.8 Å². The summed E-state index contributed by atoms with van der Waals surface area (Å²) < 4.78 is 12.6. The van der Waals surface area contributed by atoms with E-state index in [9.17, 15) is 0 Å². The van der Waals surface area contributed by atoms with E-state index >= 15 is 0 Å². The quantitative estimate of drug-likeness (QED) is 0.719. The summed E-state index contributed by atoms with van der Waals surface area (Å²) in [7, 11) is 1.66. The van der Waals surface area contributed by atoms with Crippen LogP contribution in [0, 0.1) is 0 Å². The number of nitrogens with one attached hydrogen (secondary N) is 1. The molecule has 0 aromatic heterocycles. The minimum atomic E-state index is 0.448. The number of rotatable bonds is 7. The van der Waals surface area contributed by atoms with E-state index in [0.29, 0.717) is 17.7 Å². The first kappa shape index (κ1) is 16.6. The molecule has 0 atom stereocenters. The number of benzene rings is 2. The van der Waals surface area contributed by atoms with Crippen LogP contribution in [0.15, 0.2) is 40.9 Å². The van der Waals surface area contributed by atoms with Gasteiger partial charge in [-0.2, -0.15) is 0 Å². The standard InChI is InChI=1S/C18H19BrClNO2/c1-22-17-8-7-16(19)15(10-21-14-5-6-14)18(17)23-11-12-3-2-4-13(20)9-12/h2-4,7-9,14,21H,5-6,10-11H2,1H3. The van der Waals surface area contributed by atoms with Crippen molar-refractivity contribution in [1.29, 1.82) is 0 Å². The highest BCUT2D eigenvalue weighted by molar-refractivity contribution is 9.10. The smallest absolute Gasteiger partial charge is 0.167 e. The predicted octanol–water partition coefficient (Wildman–Crippen LogP) is 4.94. The molecule has 0 spiro atoms. The lowest BCUT2D eigenvalue weighted by molar-refractivity contribution is 0.280. The number of halogens is 2. The molecule has 3 rings (SSSR count).